The zero-order valence-corrected chi connectivity index (χ0v) is 18.9. The number of hydrogen-bond donors (Lipinski definition) is 4. The van der Waals surface area contributed by atoms with Crippen LogP contribution in [0.2, 0.25) is 0 Å². The minimum Gasteiger partial charge on any atom is -0.399 e. The Morgan fingerprint density at radius 2 is 2.06 bits per heavy atom. The number of carbonyl (C=O) groups is 2. The number of nitrogen functional groups attached to an aromatic ring is 1. The van der Waals surface area contributed by atoms with E-state index in [1.807, 2.05) is 26.1 Å². The zero-order valence-electron chi connectivity index (χ0n) is 18.9. The molecule has 3 rings (SSSR count). The summed E-state index contributed by atoms with van der Waals surface area (Å²) in [6, 6.07) is 6.62. The predicted molar refractivity (Wildman–Crippen MR) is 120 cm³/mol. The van der Waals surface area contributed by atoms with Gasteiger partial charge in [-0.1, -0.05) is 19.1 Å². The number of aromatic nitrogens is 3. The molecule has 10 nitrogen and oxygen atoms in total. The molecule has 1 aliphatic heterocycles. The average molecular weight is 444 g/mol. The van der Waals surface area contributed by atoms with Gasteiger partial charge in [0.2, 0.25) is 11.8 Å². The van der Waals surface area contributed by atoms with E-state index in [4.69, 9.17) is 10.5 Å². The number of rotatable bonds is 10. The van der Waals surface area contributed by atoms with Crippen molar-refractivity contribution in [2.75, 3.05) is 26.4 Å². The number of carbonyl (C=O) groups excluding carboxylic acids is 2. The van der Waals surface area contributed by atoms with Gasteiger partial charge in [0.25, 0.3) is 0 Å². The maximum Gasteiger partial charge on any atom is 0.243 e. The number of benzene rings is 1. The van der Waals surface area contributed by atoms with Crippen LogP contribution in [0.4, 0.5) is 5.69 Å². The van der Waals surface area contributed by atoms with Crippen LogP contribution in [0, 0.1) is 5.92 Å². The maximum absolute atomic E-state index is 13.1. The molecular formula is C22H33N7O3. The van der Waals surface area contributed by atoms with Gasteiger partial charge in [-0.15, -0.1) is 0 Å². The minimum atomic E-state index is -0.812. The standard InChI is InChI=1S/C22H33N7O3/c1-14(20(32-3)18-5-4-10-29(18)2)21(30)27-17(11-19-25-13-26-28-19)22(31)24-12-15-6-8-16(23)9-7-15/h6-9,13-14,17-18,20H,4-5,10-12,23H2,1-3H3,(H,24,31)(H,27,30)(H,25,26,28). The Morgan fingerprint density at radius 1 is 1.31 bits per heavy atom. The fraction of sp³-hybridized carbons (Fsp3) is 0.545. The van der Waals surface area contributed by atoms with Gasteiger partial charge in [-0.25, -0.2) is 4.98 Å². The Balaban J connectivity index is 1.66. The fourth-order valence-corrected chi connectivity index (χ4v) is 4.17. The van der Waals surface area contributed by atoms with Gasteiger partial charge in [-0.3, -0.25) is 14.7 Å². The Bertz CT molecular complexity index is 872. The first-order valence-electron chi connectivity index (χ1n) is 10.9. The van der Waals surface area contributed by atoms with Crippen molar-refractivity contribution in [3.05, 3.63) is 42.0 Å². The summed E-state index contributed by atoms with van der Waals surface area (Å²) in [4.78, 5) is 32.4. The highest BCUT2D eigenvalue weighted by Crippen LogP contribution is 2.24. The number of likely N-dealkylation sites (N-methyl/N-ethyl adjacent to an activating group) is 1. The van der Waals surface area contributed by atoms with E-state index < -0.39 is 12.0 Å². The van der Waals surface area contributed by atoms with E-state index in [-0.39, 0.29) is 30.4 Å². The van der Waals surface area contributed by atoms with Crippen LogP contribution in [-0.2, 0) is 27.3 Å². The van der Waals surface area contributed by atoms with Crippen molar-refractivity contribution in [2.24, 2.45) is 5.92 Å². The van der Waals surface area contributed by atoms with E-state index in [0.29, 0.717) is 18.1 Å². The number of likely N-dealkylation sites (tertiary alicyclic amines) is 1. The second-order valence-corrected chi connectivity index (χ2v) is 8.32. The SMILES string of the molecule is COC(C(C)C(=O)NC(Cc1nc[nH]n1)C(=O)NCc1ccc(N)cc1)C1CCCN1C. The van der Waals surface area contributed by atoms with Gasteiger partial charge in [0.05, 0.1) is 12.0 Å². The lowest BCUT2D eigenvalue weighted by molar-refractivity contribution is -0.135. The summed E-state index contributed by atoms with van der Waals surface area (Å²) in [6.45, 7) is 3.15. The summed E-state index contributed by atoms with van der Waals surface area (Å²) >= 11 is 0. The topological polar surface area (TPSA) is 138 Å². The van der Waals surface area contributed by atoms with Crippen LogP contribution in [0.5, 0.6) is 0 Å². The third kappa shape index (κ3) is 6.04. The van der Waals surface area contributed by atoms with Crippen LogP contribution in [0.3, 0.4) is 0 Å². The molecule has 0 bridgehead atoms. The molecule has 0 saturated carbocycles. The number of nitrogens with one attached hydrogen (secondary N) is 3. The van der Waals surface area contributed by atoms with E-state index in [2.05, 4.69) is 30.7 Å². The van der Waals surface area contributed by atoms with Gasteiger partial charge in [0.15, 0.2) is 5.82 Å². The van der Waals surface area contributed by atoms with Crippen molar-refractivity contribution < 1.29 is 14.3 Å². The number of nitrogens with two attached hydrogens (primary N) is 1. The number of hydrogen-bond acceptors (Lipinski definition) is 7. The van der Waals surface area contributed by atoms with Crippen LogP contribution in [-0.4, -0.2) is 70.8 Å². The van der Waals surface area contributed by atoms with Crippen molar-refractivity contribution >= 4 is 17.5 Å². The Labute approximate surface area is 188 Å². The van der Waals surface area contributed by atoms with Crippen molar-refractivity contribution in [2.45, 2.75) is 50.9 Å². The van der Waals surface area contributed by atoms with E-state index in [9.17, 15) is 9.59 Å². The predicted octanol–water partition coefficient (Wildman–Crippen LogP) is 0.476. The quantitative estimate of drug-likeness (QED) is 0.392. The summed E-state index contributed by atoms with van der Waals surface area (Å²) < 4.78 is 5.71. The Morgan fingerprint density at radius 3 is 2.66 bits per heavy atom. The molecule has 4 atom stereocenters. The summed E-state index contributed by atoms with van der Waals surface area (Å²) in [7, 11) is 3.68. The van der Waals surface area contributed by atoms with Gasteiger partial charge in [-0.05, 0) is 44.1 Å². The number of aromatic amines is 1. The third-order valence-corrected chi connectivity index (χ3v) is 6.07. The van der Waals surface area contributed by atoms with Gasteiger partial charge < -0.3 is 26.0 Å². The summed E-state index contributed by atoms with van der Waals surface area (Å²) in [6.07, 6.45) is 3.42. The van der Waals surface area contributed by atoms with Crippen LogP contribution in [0.15, 0.2) is 30.6 Å². The molecule has 0 aliphatic carbocycles. The maximum atomic E-state index is 13.1. The number of methoxy groups -OCH3 is 1. The highest BCUT2D eigenvalue weighted by atomic mass is 16.5. The van der Waals surface area contributed by atoms with E-state index in [1.165, 1.54) is 6.33 Å². The second-order valence-electron chi connectivity index (χ2n) is 8.32. The lowest BCUT2D eigenvalue weighted by Gasteiger charge is -2.32. The van der Waals surface area contributed by atoms with Crippen LogP contribution >= 0.6 is 0 Å². The summed E-state index contributed by atoms with van der Waals surface area (Å²) in [5.41, 5.74) is 7.28. The zero-order chi connectivity index (χ0) is 23.1. The van der Waals surface area contributed by atoms with Crippen LogP contribution in [0.1, 0.15) is 31.2 Å². The molecule has 1 aliphatic rings. The van der Waals surface area contributed by atoms with E-state index >= 15 is 0 Å². The second kappa shape index (κ2) is 11.1. The monoisotopic (exact) mass is 443 g/mol. The van der Waals surface area contributed by atoms with Crippen LogP contribution < -0.4 is 16.4 Å². The van der Waals surface area contributed by atoms with Gasteiger partial charge in [0.1, 0.15) is 12.4 Å². The highest BCUT2D eigenvalue weighted by molar-refractivity contribution is 5.88. The molecular weight excluding hydrogens is 410 g/mol. The molecule has 174 valence electrons. The molecule has 10 heteroatoms. The number of ether oxygens (including phenoxy) is 1. The highest BCUT2D eigenvalue weighted by Gasteiger charge is 2.37. The number of nitrogens with zero attached hydrogens (tertiary/aromatic N) is 3. The van der Waals surface area contributed by atoms with E-state index in [1.54, 1.807) is 19.2 Å². The molecule has 4 unspecified atom stereocenters. The molecule has 32 heavy (non-hydrogen) atoms. The van der Waals surface area contributed by atoms with Gasteiger partial charge in [-0.2, -0.15) is 5.10 Å². The Kier molecular flexibility index (Phi) is 8.18. The van der Waals surface area contributed by atoms with Gasteiger partial charge >= 0.3 is 0 Å². The minimum absolute atomic E-state index is 0.173. The van der Waals surface area contributed by atoms with Gasteiger partial charge in [0, 0.05) is 31.8 Å². The molecule has 2 heterocycles. The molecule has 2 aromatic rings. The normalized spacial score (nSPS) is 19.3. The third-order valence-electron chi connectivity index (χ3n) is 6.07. The van der Waals surface area contributed by atoms with Crippen molar-refractivity contribution in [1.82, 2.24) is 30.7 Å². The lowest BCUT2D eigenvalue weighted by Crippen LogP contribution is -2.53. The summed E-state index contributed by atoms with van der Waals surface area (Å²) in [5.74, 6) is -0.519. The average Bonchev–Trinajstić information content (AvgIpc) is 3.45. The first-order valence-corrected chi connectivity index (χ1v) is 10.9. The number of amides is 2. The first-order chi connectivity index (χ1) is 15.4. The van der Waals surface area contributed by atoms with Crippen molar-refractivity contribution in [3.8, 4) is 0 Å². The first kappa shape index (κ1) is 23.7. The largest absolute Gasteiger partial charge is 0.399 e. The smallest absolute Gasteiger partial charge is 0.243 e. The lowest BCUT2D eigenvalue weighted by atomic mass is 9.94. The van der Waals surface area contributed by atoms with Crippen molar-refractivity contribution in [1.29, 1.82) is 0 Å². The molecule has 0 spiro atoms. The molecule has 1 saturated heterocycles. The molecule has 1 aromatic carbocycles. The summed E-state index contributed by atoms with van der Waals surface area (Å²) in [5, 5.41) is 12.4. The molecule has 1 aromatic heterocycles. The van der Waals surface area contributed by atoms with Crippen LogP contribution in [0.25, 0.3) is 0 Å². The fourth-order valence-electron chi connectivity index (χ4n) is 4.17. The Hall–Kier alpha value is -2.98. The number of anilines is 1. The molecule has 1 fully saturated rings. The van der Waals surface area contributed by atoms with E-state index in [0.717, 1.165) is 24.9 Å². The molecule has 5 N–H and O–H groups in total. The molecule has 2 amide bonds. The molecule has 0 radical (unpaired) electrons. The van der Waals surface area contributed by atoms with Crippen molar-refractivity contribution in [3.63, 3.8) is 0 Å². The number of H-pyrrole nitrogens is 1.